The van der Waals surface area contributed by atoms with E-state index in [1.54, 1.807) is 0 Å². The number of hydrogen-bond donors (Lipinski definition) is 0. The van der Waals surface area contributed by atoms with E-state index in [-0.39, 0.29) is 21.9 Å². The molecule has 0 radical (unpaired) electrons. The van der Waals surface area contributed by atoms with Crippen LogP contribution in [0.25, 0.3) is 17.0 Å². The van der Waals surface area contributed by atoms with Gasteiger partial charge in [0.1, 0.15) is 5.56 Å². The minimum atomic E-state index is -0.819. The largest absolute Gasteiger partial charge is 0.421 e. The first kappa shape index (κ1) is 17.8. The van der Waals surface area contributed by atoms with Crippen molar-refractivity contribution in [3.63, 3.8) is 0 Å². The molecule has 0 aliphatic heterocycles. The predicted octanol–water partition coefficient (Wildman–Crippen LogP) is 4.90. The zero-order valence-electron chi connectivity index (χ0n) is 12.9. The van der Waals surface area contributed by atoms with E-state index in [0.717, 1.165) is 0 Å². The Morgan fingerprint density at radius 2 is 1.81 bits per heavy atom. The van der Waals surface area contributed by atoms with Crippen molar-refractivity contribution in [2.75, 3.05) is 0 Å². The molecular weight excluding hydrogens is 381 g/mol. The number of carbonyl (C=O) groups is 1. The number of allylic oxidation sites excluding steroid dienone is 1. The van der Waals surface area contributed by atoms with Gasteiger partial charge in [0, 0.05) is 22.5 Å². The van der Waals surface area contributed by atoms with Gasteiger partial charge < -0.3 is 4.42 Å². The highest BCUT2D eigenvalue weighted by molar-refractivity contribution is 6.38. The fourth-order valence-corrected chi connectivity index (χ4v) is 2.85. The Bertz CT molecular complexity index is 1120. The Hall–Kier alpha value is -2.96. The number of nitrogens with zero attached hydrogens (tertiary/aromatic N) is 1. The van der Waals surface area contributed by atoms with Crippen LogP contribution in [0.1, 0.15) is 15.9 Å². The number of nitro benzene ring substituents is 1. The third-order valence-electron chi connectivity index (χ3n) is 3.55. The summed E-state index contributed by atoms with van der Waals surface area (Å²) < 4.78 is 5.12. The molecule has 6 nitrogen and oxygen atoms in total. The topological polar surface area (TPSA) is 90.4 Å². The smallest absolute Gasteiger partial charge is 0.347 e. The van der Waals surface area contributed by atoms with E-state index in [1.165, 1.54) is 54.6 Å². The van der Waals surface area contributed by atoms with Crippen molar-refractivity contribution in [2.45, 2.75) is 0 Å². The van der Waals surface area contributed by atoms with E-state index >= 15 is 0 Å². The zero-order chi connectivity index (χ0) is 18.8. The minimum Gasteiger partial charge on any atom is -0.421 e. The quantitative estimate of drug-likeness (QED) is 0.208. The SMILES string of the molecule is O=C(/C=C/c1ccc([N+](=O)[O-])cc1)c1cc2cc(Cl)cc(Cl)c2oc1=O. The molecule has 0 unspecified atom stereocenters. The summed E-state index contributed by atoms with van der Waals surface area (Å²) >= 11 is 11.9. The number of fused-ring (bicyclic) bond motifs is 1. The third kappa shape index (κ3) is 3.66. The molecule has 8 heteroatoms. The number of non-ortho nitro benzene ring substituents is 1. The average molecular weight is 390 g/mol. The molecular formula is C18H9Cl2NO5. The summed E-state index contributed by atoms with van der Waals surface area (Å²) in [5.74, 6) is -0.574. The standard InChI is InChI=1S/C18H9Cl2NO5/c19-12-7-11-8-14(18(23)26-17(11)15(20)9-12)16(22)6-3-10-1-4-13(5-2-10)21(24)25/h1-9H/b6-3+. The van der Waals surface area contributed by atoms with Gasteiger partial charge in [0.25, 0.3) is 5.69 Å². The molecule has 0 fully saturated rings. The molecule has 0 spiro atoms. The van der Waals surface area contributed by atoms with E-state index in [9.17, 15) is 19.7 Å². The van der Waals surface area contributed by atoms with E-state index in [4.69, 9.17) is 27.6 Å². The summed E-state index contributed by atoms with van der Waals surface area (Å²) in [7, 11) is 0. The number of nitro groups is 1. The molecule has 2 aromatic carbocycles. The molecule has 0 saturated carbocycles. The molecule has 26 heavy (non-hydrogen) atoms. The van der Waals surface area contributed by atoms with E-state index in [0.29, 0.717) is 16.0 Å². The van der Waals surface area contributed by atoms with Crippen LogP contribution in [0, 0.1) is 10.1 Å². The molecule has 0 amide bonds. The Labute approximate surface area is 156 Å². The van der Waals surface area contributed by atoms with E-state index in [2.05, 4.69) is 0 Å². The van der Waals surface area contributed by atoms with Gasteiger partial charge in [-0.15, -0.1) is 0 Å². The van der Waals surface area contributed by atoms with Gasteiger partial charge in [-0.1, -0.05) is 29.3 Å². The number of halogens is 2. The molecule has 0 aliphatic carbocycles. The van der Waals surface area contributed by atoms with Crippen LogP contribution in [-0.2, 0) is 0 Å². The predicted molar refractivity (Wildman–Crippen MR) is 99.0 cm³/mol. The van der Waals surface area contributed by atoms with Crippen molar-refractivity contribution in [1.29, 1.82) is 0 Å². The minimum absolute atomic E-state index is 0.0580. The van der Waals surface area contributed by atoms with Gasteiger partial charge in [0.2, 0.25) is 0 Å². The molecule has 0 atom stereocenters. The number of carbonyl (C=O) groups excluding carboxylic acids is 1. The van der Waals surface area contributed by atoms with Crippen LogP contribution >= 0.6 is 23.2 Å². The Balaban J connectivity index is 1.93. The van der Waals surface area contributed by atoms with Crippen molar-refractivity contribution in [3.05, 3.63) is 90.2 Å². The van der Waals surface area contributed by atoms with Gasteiger partial charge in [-0.3, -0.25) is 14.9 Å². The normalized spacial score (nSPS) is 11.2. The lowest BCUT2D eigenvalue weighted by Gasteiger charge is -2.02. The first-order chi connectivity index (χ1) is 12.3. The summed E-state index contributed by atoms with van der Waals surface area (Å²) in [5.41, 5.74) is -0.330. The van der Waals surface area contributed by atoms with Crippen molar-refractivity contribution < 1.29 is 14.1 Å². The molecule has 1 heterocycles. The number of rotatable bonds is 4. The summed E-state index contributed by atoms with van der Waals surface area (Å²) in [5, 5.41) is 11.6. The van der Waals surface area contributed by atoms with Crippen LogP contribution < -0.4 is 5.63 Å². The van der Waals surface area contributed by atoms with Crippen LogP contribution in [-0.4, -0.2) is 10.7 Å². The maximum atomic E-state index is 12.3. The van der Waals surface area contributed by atoms with Gasteiger partial charge >= 0.3 is 5.63 Å². The van der Waals surface area contributed by atoms with Gasteiger partial charge in [-0.05, 0) is 42.0 Å². The summed E-state index contributed by atoms with van der Waals surface area (Å²) in [4.78, 5) is 34.5. The fourth-order valence-electron chi connectivity index (χ4n) is 2.30. The molecule has 1 aromatic heterocycles. The Morgan fingerprint density at radius 1 is 1.12 bits per heavy atom. The lowest BCUT2D eigenvalue weighted by molar-refractivity contribution is -0.384. The highest BCUT2D eigenvalue weighted by atomic mass is 35.5. The van der Waals surface area contributed by atoms with Crippen LogP contribution in [0.2, 0.25) is 10.0 Å². The summed E-state index contributed by atoms with van der Waals surface area (Å²) in [6.07, 6.45) is 2.63. The molecule has 130 valence electrons. The molecule has 0 aliphatic rings. The maximum Gasteiger partial charge on any atom is 0.347 e. The summed E-state index contributed by atoms with van der Waals surface area (Å²) in [6, 6.07) is 9.94. The monoisotopic (exact) mass is 389 g/mol. The summed E-state index contributed by atoms with van der Waals surface area (Å²) in [6.45, 7) is 0. The maximum absolute atomic E-state index is 12.3. The highest BCUT2D eigenvalue weighted by Crippen LogP contribution is 2.27. The molecule has 0 saturated heterocycles. The van der Waals surface area contributed by atoms with Crippen LogP contribution in [0.4, 0.5) is 5.69 Å². The number of ketones is 1. The lowest BCUT2D eigenvalue weighted by atomic mass is 10.1. The molecule has 0 N–H and O–H groups in total. The lowest BCUT2D eigenvalue weighted by Crippen LogP contribution is -2.12. The van der Waals surface area contributed by atoms with E-state index < -0.39 is 16.3 Å². The molecule has 0 bridgehead atoms. The zero-order valence-corrected chi connectivity index (χ0v) is 14.5. The van der Waals surface area contributed by atoms with Crippen molar-refractivity contribution in [1.82, 2.24) is 0 Å². The van der Waals surface area contributed by atoms with Crippen molar-refractivity contribution in [3.8, 4) is 0 Å². The second-order valence-electron chi connectivity index (χ2n) is 5.30. The second kappa shape index (κ2) is 7.11. The Morgan fingerprint density at radius 3 is 2.46 bits per heavy atom. The highest BCUT2D eigenvalue weighted by Gasteiger charge is 2.14. The molecule has 3 rings (SSSR count). The van der Waals surface area contributed by atoms with Crippen LogP contribution in [0.3, 0.4) is 0 Å². The number of benzene rings is 2. The number of hydrogen-bond acceptors (Lipinski definition) is 5. The van der Waals surface area contributed by atoms with Gasteiger partial charge in [-0.25, -0.2) is 4.79 Å². The van der Waals surface area contributed by atoms with Gasteiger partial charge in [0.05, 0.1) is 9.95 Å². The van der Waals surface area contributed by atoms with Crippen molar-refractivity contribution >= 4 is 51.7 Å². The van der Waals surface area contributed by atoms with E-state index in [1.807, 2.05) is 0 Å². The fraction of sp³-hybridized carbons (Fsp3) is 0. The first-order valence-electron chi connectivity index (χ1n) is 7.25. The van der Waals surface area contributed by atoms with Crippen LogP contribution in [0.15, 0.2) is 57.8 Å². The van der Waals surface area contributed by atoms with Crippen LogP contribution in [0.5, 0.6) is 0 Å². The third-order valence-corrected chi connectivity index (χ3v) is 4.05. The Kier molecular flexibility index (Phi) is 4.88. The molecule has 3 aromatic rings. The first-order valence-corrected chi connectivity index (χ1v) is 8.00. The average Bonchev–Trinajstić information content (AvgIpc) is 2.60. The van der Waals surface area contributed by atoms with Gasteiger partial charge in [-0.2, -0.15) is 0 Å². The van der Waals surface area contributed by atoms with Gasteiger partial charge in [0.15, 0.2) is 11.4 Å². The van der Waals surface area contributed by atoms with Crippen molar-refractivity contribution in [2.24, 2.45) is 0 Å². The second-order valence-corrected chi connectivity index (χ2v) is 6.14.